The maximum absolute atomic E-state index is 13.2. The van der Waals surface area contributed by atoms with Crippen molar-refractivity contribution in [2.45, 2.75) is 19.4 Å². The summed E-state index contributed by atoms with van der Waals surface area (Å²) in [6.07, 6.45) is 0.931. The number of amides is 2. The molecule has 1 fully saturated rings. The van der Waals surface area contributed by atoms with Crippen LogP contribution in [0.3, 0.4) is 0 Å². The molecule has 0 spiro atoms. The number of quaternary nitrogens is 2. The van der Waals surface area contributed by atoms with Gasteiger partial charge in [0.1, 0.15) is 32.0 Å². The van der Waals surface area contributed by atoms with Crippen molar-refractivity contribution in [1.29, 1.82) is 0 Å². The molecule has 1 aliphatic heterocycles. The van der Waals surface area contributed by atoms with Gasteiger partial charge in [-0.3, -0.25) is 9.59 Å². The highest BCUT2D eigenvalue weighted by Gasteiger charge is 2.36. The molecule has 1 atom stereocenters. The van der Waals surface area contributed by atoms with Crippen LogP contribution in [0.15, 0.2) is 54.6 Å². The average Bonchev–Trinajstić information content (AvgIpc) is 2.76. The van der Waals surface area contributed by atoms with Gasteiger partial charge in [0.15, 0.2) is 12.6 Å². The summed E-state index contributed by atoms with van der Waals surface area (Å²) in [7, 11) is 0. The fourth-order valence-electron chi connectivity index (χ4n) is 3.91. The van der Waals surface area contributed by atoms with Crippen LogP contribution in [0.5, 0.6) is 0 Å². The molecular weight excluding hydrogens is 383 g/mol. The summed E-state index contributed by atoms with van der Waals surface area (Å²) < 4.78 is 13.2. The number of hydrogen-bond acceptors (Lipinski definition) is 2. The summed E-state index contributed by atoms with van der Waals surface area (Å²) in [6.45, 7) is 6.49. The number of halogens is 1. The predicted molar refractivity (Wildman–Crippen MR) is 114 cm³/mol. The Hall–Kier alpha value is -2.77. The second-order valence-corrected chi connectivity index (χ2v) is 7.77. The van der Waals surface area contributed by atoms with Crippen molar-refractivity contribution in [3.63, 3.8) is 0 Å². The molecule has 7 heteroatoms. The van der Waals surface area contributed by atoms with E-state index in [0.29, 0.717) is 18.8 Å². The van der Waals surface area contributed by atoms with Gasteiger partial charge in [0.25, 0.3) is 11.8 Å². The van der Waals surface area contributed by atoms with E-state index in [1.165, 1.54) is 21.9 Å². The van der Waals surface area contributed by atoms with Crippen LogP contribution in [0.2, 0.25) is 0 Å². The molecule has 0 saturated carbocycles. The lowest BCUT2D eigenvalue weighted by molar-refractivity contribution is -1.02. The first-order valence-corrected chi connectivity index (χ1v) is 10.6. The van der Waals surface area contributed by atoms with Crippen molar-refractivity contribution in [3.05, 3.63) is 66.0 Å². The number of anilines is 1. The third-order valence-corrected chi connectivity index (χ3v) is 5.50. The summed E-state index contributed by atoms with van der Waals surface area (Å²) in [5, 5.41) is 5.87. The monoisotopic (exact) mass is 414 g/mol. The van der Waals surface area contributed by atoms with E-state index >= 15 is 0 Å². The number of hydrogen-bond donors (Lipinski definition) is 4. The van der Waals surface area contributed by atoms with Crippen molar-refractivity contribution in [2.75, 3.05) is 44.6 Å². The van der Waals surface area contributed by atoms with Gasteiger partial charge in [0, 0.05) is 17.8 Å². The van der Waals surface area contributed by atoms with Gasteiger partial charge in [-0.2, -0.15) is 0 Å². The molecule has 2 aromatic carbocycles. The Kier molecular flexibility index (Phi) is 7.93. The lowest BCUT2D eigenvalue weighted by Crippen LogP contribution is -3.28. The Morgan fingerprint density at radius 1 is 1.00 bits per heavy atom. The first-order valence-electron chi connectivity index (χ1n) is 10.6. The van der Waals surface area contributed by atoms with Crippen LogP contribution in [-0.4, -0.2) is 51.1 Å². The molecule has 0 unspecified atom stereocenters. The maximum Gasteiger partial charge on any atom is 0.287 e. The topological polar surface area (TPSA) is 67.1 Å². The van der Waals surface area contributed by atoms with Crippen LogP contribution in [0.25, 0.3) is 0 Å². The van der Waals surface area contributed by atoms with Crippen LogP contribution < -0.4 is 20.4 Å². The molecule has 1 saturated heterocycles. The van der Waals surface area contributed by atoms with Crippen molar-refractivity contribution >= 4 is 17.5 Å². The van der Waals surface area contributed by atoms with Crippen molar-refractivity contribution in [1.82, 2.24) is 5.32 Å². The molecule has 0 aromatic heterocycles. The number of piperazine rings is 1. The van der Waals surface area contributed by atoms with Gasteiger partial charge < -0.3 is 20.4 Å². The largest absolute Gasteiger partial charge is 0.351 e. The van der Waals surface area contributed by atoms with Crippen LogP contribution in [-0.2, 0) is 9.59 Å². The zero-order valence-electron chi connectivity index (χ0n) is 17.4. The van der Waals surface area contributed by atoms with Gasteiger partial charge in [-0.1, -0.05) is 37.3 Å². The third kappa shape index (κ3) is 6.11. The van der Waals surface area contributed by atoms with Crippen molar-refractivity contribution in [2.24, 2.45) is 0 Å². The number of nitrogens with one attached hydrogen (secondary N) is 4. The highest BCUT2D eigenvalue weighted by Crippen LogP contribution is 2.14. The highest BCUT2D eigenvalue weighted by atomic mass is 19.1. The minimum absolute atomic E-state index is 0.0870. The van der Waals surface area contributed by atoms with Crippen LogP contribution in [0.1, 0.15) is 24.9 Å². The van der Waals surface area contributed by atoms with Gasteiger partial charge in [0.2, 0.25) is 0 Å². The number of rotatable bonds is 8. The standard InChI is InChI=1S/C23H29FN4O2/c1-2-12-25-21(29)17-27-13-15-28(16-14-27)22(18-6-4-3-5-7-18)23(30)26-20-10-8-19(24)9-11-20/h3-11,22H,2,12-17H2,1H3,(H,25,29)(H,26,30)/p+2/t22-/m0/s1. The number of carbonyl (C=O) groups is 2. The Balaban J connectivity index is 1.66. The molecular formula is C23H31FN4O2+2. The molecule has 4 N–H and O–H groups in total. The Bertz CT molecular complexity index is 821. The third-order valence-electron chi connectivity index (χ3n) is 5.50. The molecule has 1 aliphatic rings. The Labute approximate surface area is 177 Å². The summed E-state index contributed by atoms with van der Waals surface area (Å²) >= 11 is 0. The quantitative estimate of drug-likeness (QED) is 0.484. The molecule has 2 aromatic rings. The van der Waals surface area contributed by atoms with Gasteiger partial charge in [-0.25, -0.2) is 4.39 Å². The summed E-state index contributed by atoms with van der Waals surface area (Å²) in [5.41, 5.74) is 1.54. The molecule has 2 amide bonds. The number of benzene rings is 2. The van der Waals surface area contributed by atoms with E-state index in [0.717, 1.165) is 38.2 Å². The fraction of sp³-hybridized carbons (Fsp3) is 0.391. The Morgan fingerprint density at radius 3 is 2.30 bits per heavy atom. The second kappa shape index (κ2) is 10.8. The van der Waals surface area contributed by atoms with Crippen molar-refractivity contribution in [3.8, 4) is 0 Å². The van der Waals surface area contributed by atoms with E-state index in [9.17, 15) is 14.0 Å². The normalized spacial score (nSPS) is 19.7. The second-order valence-electron chi connectivity index (χ2n) is 7.77. The molecule has 6 nitrogen and oxygen atoms in total. The van der Waals surface area contributed by atoms with Crippen LogP contribution in [0, 0.1) is 5.82 Å². The first kappa shape index (κ1) is 21.9. The molecule has 0 bridgehead atoms. The van der Waals surface area contributed by atoms with Gasteiger partial charge in [-0.15, -0.1) is 0 Å². The molecule has 3 rings (SSSR count). The first-order chi connectivity index (χ1) is 14.6. The van der Waals surface area contributed by atoms with E-state index < -0.39 is 0 Å². The minimum atomic E-state index is -0.355. The van der Waals surface area contributed by atoms with E-state index in [-0.39, 0.29) is 23.7 Å². The minimum Gasteiger partial charge on any atom is -0.351 e. The van der Waals surface area contributed by atoms with E-state index in [1.807, 2.05) is 37.3 Å². The van der Waals surface area contributed by atoms with Crippen LogP contribution in [0.4, 0.5) is 10.1 Å². The fourth-order valence-corrected chi connectivity index (χ4v) is 3.91. The number of carbonyl (C=O) groups excluding carboxylic acids is 2. The zero-order valence-corrected chi connectivity index (χ0v) is 17.4. The van der Waals surface area contributed by atoms with Crippen LogP contribution >= 0.6 is 0 Å². The zero-order chi connectivity index (χ0) is 21.3. The molecule has 0 aliphatic carbocycles. The lowest BCUT2D eigenvalue weighted by Gasteiger charge is -2.34. The summed E-state index contributed by atoms with van der Waals surface area (Å²) in [6, 6.07) is 15.2. The van der Waals surface area contributed by atoms with Gasteiger partial charge in [-0.05, 0) is 30.7 Å². The molecule has 160 valence electrons. The van der Waals surface area contributed by atoms with Crippen molar-refractivity contribution < 1.29 is 23.8 Å². The van der Waals surface area contributed by atoms with Gasteiger partial charge in [0.05, 0.1) is 0 Å². The van der Waals surface area contributed by atoms with E-state index in [1.54, 1.807) is 12.1 Å². The summed E-state index contributed by atoms with van der Waals surface area (Å²) in [5.74, 6) is -0.351. The molecule has 0 radical (unpaired) electrons. The van der Waals surface area contributed by atoms with E-state index in [4.69, 9.17) is 0 Å². The predicted octanol–water partition coefficient (Wildman–Crippen LogP) is -0.185. The van der Waals surface area contributed by atoms with Gasteiger partial charge >= 0.3 is 0 Å². The lowest BCUT2D eigenvalue weighted by atomic mass is 10.0. The average molecular weight is 415 g/mol. The maximum atomic E-state index is 13.2. The molecule has 1 heterocycles. The van der Waals surface area contributed by atoms with E-state index in [2.05, 4.69) is 10.6 Å². The molecule has 30 heavy (non-hydrogen) atoms. The SMILES string of the molecule is CCCNC(=O)C[NH+]1CC[NH+]([C@H](C(=O)Nc2ccc(F)cc2)c2ccccc2)CC1. The Morgan fingerprint density at radius 2 is 1.67 bits per heavy atom. The smallest absolute Gasteiger partial charge is 0.287 e. The summed E-state index contributed by atoms with van der Waals surface area (Å²) in [4.78, 5) is 27.6. The highest BCUT2D eigenvalue weighted by molar-refractivity contribution is 5.94.